The molecule has 1 amide bonds. The number of nitrogens with one attached hydrogen (secondary N) is 1. The Morgan fingerprint density at radius 2 is 1.60 bits per heavy atom. The third kappa shape index (κ3) is 9.35. The molecule has 1 N–H and O–H groups in total. The number of rotatable bonds is 13. The minimum Gasteiger partial charge on any atom is -0.356 e. The Morgan fingerprint density at radius 1 is 0.950 bits per heavy atom. The van der Waals surface area contributed by atoms with Crippen LogP contribution < -0.4 is 5.32 Å². The fraction of sp³-hybridized carbons (Fsp3) is 0.941. The molecule has 3 nitrogen and oxygen atoms in total. The topological polar surface area (TPSA) is 32.3 Å². The first-order chi connectivity index (χ1) is 9.69. The highest BCUT2D eigenvalue weighted by atomic mass is 16.1. The molecular weight excluding hydrogens is 248 g/mol. The van der Waals surface area contributed by atoms with Crippen molar-refractivity contribution < 1.29 is 4.79 Å². The maximum absolute atomic E-state index is 11.9. The van der Waals surface area contributed by atoms with Crippen molar-refractivity contribution in [2.45, 2.75) is 85.1 Å². The number of hydrogen-bond acceptors (Lipinski definition) is 2. The number of carbonyl (C=O) groups excluding carboxylic acids is 1. The average Bonchev–Trinajstić information content (AvgIpc) is 2.42. The first-order valence-corrected chi connectivity index (χ1v) is 8.70. The van der Waals surface area contributed by atoms with Gasteiger partial charge in [-0.25, -0.2) is 0 Å². The Morgan fingerprint density at radius 3 is 2.10 bits per heavy atom. The third-order valence-electron chi connectivity index (χ3n) is 3.72. The first kappa shape index (κ1) is 19.4. The quantitative estimate of drug-likeness (QED) is 0.519. The van der Waals surface area contributed by atoms with Crippen molar-refractivity contribution in [3.63, 3.8) is 0 Å². The van der Waals surface area contributed by atoms with Gasteiger partial charge < -0.3 is 5.32 Å². The Hall–Kier alpha value is -0.570. The van der Waals surface area contributed by atoms with Crippen LogP contribution in [-0.2, 0) is 4.79 Å². The molecule has 20 heavy (non-hydrogen) atoms. The summed E-state index contributed by atoms with van der Waals surface area (Å²) in [7, 11) is 0. The SMILES string of the molecule is CCCCCCC(CC(=O)NCC)N(CCC)CCC. The lowest BCUT2D eigenvalue weighted by molar-refractivity contribution is -0.122. The molecule has 0 aromatic heterocycles. The minimum atomic E-state index is 0.213. The second-order valence-corrected chi connectivity index (χ2v) is 5.70. The Labute approximate surface area is 126 Å². The van der Waals surface area contributed by atoms with Gasteiger partial charge in [-0.3, -0.25) is 9.69 Å². The summed E-state index contributed by atoms with van der Waals surface area (Å²) < 4.78 is 0. The van der Waals surface area contributed by atoms with Gasteiger partial charge >= 0.3 is 0 Å². The number of nitrogens with zero attached hydrogens (tertiary/aromatic N) is 1. The van der Waals surface area contributed by atoms with Crippen LogP contribution in [-0.4, -0.2) is 36.5 Å². The predicted octanol–water partition coefficient (Wildman–Crippen LogP) is 3.97. The minimum absolute atomic E-state index is 0.213. The van der Waals surface area contributed by atoms with Crippen molar-refractivity contribution in [1.82, 2.24) is 10.2 Å². The van der Waals surface area contributed by atoms with Gasteiger partial charge in [0.05, 0.1) is 0 Å². The summed E-state index contributed by atoms with van der Waals surface area (Å²) in [6, 6.07) is 0.429. The summed E-state index contributed by atoms with van der Waals surface area (Å²) >= 11 is 0. The molecule has 0 aliphatic carbocycles. The summed E-state index contributed by atoms with van der Waals surface area (Å²) in [5.74, 6) is 0.213. The largest absolute Gasteiger partial charge is 0.356 e. The second kappa shape index (κ2) is 13.4. The van der Waals surface area contributed by atoms with Crippen molar-refractivity contribution in [1.29, 1.82) is 0 Å². The van der Waals surface area contributed by atoms with Gasteiger partial charge in [0.1, 0.15) is 0 Å². The number of carbonyl (C=O) groups is 1. The van der Waals surface area contributed by atoms with E-state index in [1.165, 1.54) is 38.5 Å². The van der Waals surface area contributed by atoms with E-state index in [2.05, 4.69) is 31.0 Å². The second-order valence-electron chi connectivity index (χ2n) is 5.70. The van der Waals surface area contributed by atoms with Crippen LogP contribution in [0.5, 0.6) is 0 Å². The smallest absolute Gasteiger partial charge is 0.221 e. The van der Waals surface area contributed by atoms with Gasteiger partial charge in [0.2, 0.25) is 5.91 Å². The molecule has 0 spiro atoms. The monoisotopic (exact) mass is 284 g/mol. The van der Waals surface area contributed by atoms with Crippen molar-refractivity contribution in [3.05, 3.63) is 0 Å². The summed E-state index contributed by atoms with van der Waals surface area (Å²) in [4.78, 5) is 14.4. The lowest BCUT2D eigenvalue weighted by Crippen LogP contribution is -2.40. The first-order valence-electron chi connectivity index (χ1n) is 8.70. The lowest BCUT2D eigenvalue weighted by atomic mass is 10.0. The zero-order valence-electron chi connectivity index (χ0n) is 14.2. The molecule has 0 heterocycles. The van der Waals surface area contributed by atoms with Crippen LogP contribution in [0.3, 0.4) is 0 Å². The molecular formula is C17H36N2O. The average molecular weight is 284 g/mol. The highest BCUT2D eigenvalue weighted by Crippen LogP contribution is 2.15. The molecule has 1 atom stereocenters. The van der Waals surface area contributed by atoms with Crippen LogP contribution in [0.1, 0.15) is 79.1 Å². The van der Waals surface area contributed by atoms with Crippen LogP contribution >= 0.6 is 0 Å². The van der Waals surface area contributed by atoms with Crippen molar-refractivity contribution in [3.8, 4) is 0 Å². The zero-order valence-corrected chi connectivity index (χ0v) is 14.2. The van der Waals surface area contributed by atoms with E-state index >= 15 is 0 Å². The van der Waals surface area contributed by atoms with Crippen LogP contribution in [0.25, 0.3) is 0 Å². The van der Waals surface area contributed by atoms with E-state index in [1.807, 2.05) is 6.92 Å². The van der Waals surface area contributed by atoms with Gasteiger partial charge in [-0.05, 0) is 39.3 Å². The fourth-order valence-electron chi connectivity index (χ4n) is 2.76. The summed E-state index contributed by atoms with van der Waals surface area (Å²) in [6.45, 7) is 11.7. The van der Waals surface area contributed by atoms with E-state index in [0.717, 1.165) is 26.1 Å². The van der Waals surface area contributed by atoms with Crippen LogP contribution in [0.2, 0.25) is 0 Å². The fourth-order valence-corrected chi connectivity index (χ4v) is 2.76. The van der Waals surface area contributed by atoms with Crippen LogP contribution in [0.4, 0.5) is 0 Å². The third-order valence-corrected chi connectivity index (χ3v) is 3.72. The molecule has 0 radical (unpaired) electrons. The molecule has 0 aliphatic rings. The van der Waals surface area contributed by atoms with E-state index in [4.69, 9.17) is 0 Å². The molecule has 0 saturated heterocycles. The molecule has 0 bridgehead atoms. The van der Waals surface area contributed by atoms with Gasteiger partial charge in [0, 0.05) is 19.0 Å². The number of unbranched alkanes of at least 4 members (excludes halogenated alkanes) is 3. The van der Waals surface area contributed by atoms with Crippen molar-refractivity contribution in [2.24, 2.45) is 0 Å². The van der Waals surface area contributed by atoms with Crippen molar-refractivity contribution >= 4 is 5.91 Å². The van der Waals surface area contributed by atoms with Gasteiger partial charge in [-0.1, -0.05) is 46.5 Å². The summed E-state index contributed by atoms with van der Waals surface area (Å²) in [5.41, 5.74) is 0. The van der Waals surface area contributed by atoms with Crippen LogP contribution in [0.15, 0.2) is 0 Å². The molecule has 0 saturated carbocycles. The van der Waals surface area contributed by atoms with E-state index in [-0.39, 0.29) is 5.91 Å². The molecule has 0 aromatic rings. The van der Waals surface area contributed by atoms with Gasteiger partial charge in [0.15, 0.2) is 0 Å². The van der Waals surface area contributed by atoms with E-state index < -0.39 is 0 Å². The van der Waals surface area contributed by atoms with Crippen LogP contribution in [0, 0.1) is 0 Å². The maximum atomic E-state index is 11.9. The predicted molar refractivity (Wildman–Crippen MR) is 88.0 cm³/mol. The normalized spacial score (nSPS) is 12.7. The van der Waals surface area contributed by atoms with Gasteiger partial charge in [-0.15, -0.1) is 0 Å². The standard InChI is InChI=1S/C17H36N2O/c1-5-9-10-11-12-16(15-17(20)18-8-4)19(13-6-2)14-7-3/h16H,5-15H2,1-4H3,(H,18,20). The van der Waals surface area contributed by atoms with E-state index in [9.17, 15) is 4.79 Å². The van der Waals surface area contributed by atoms with Gasteiger partial charge in [0.25, 0.3) is 0 Å². The lowest BCUT2D eigenvalue weighted by Gasteiger charge is -2.31. The molecule has 120 valence electrons. The molecule has 0 rings (SSSR count). The number of hydrogen-bond donors (Lipinski definition) is 1. The maximum Gasteiger partial charge on any atom is 0.221 e. The Bertz CT molecular complexity index is 225. The molecule has 1 unspecified atom stereocenters. The van der Waals surface area contributed by atoms with E-state index in [1.54, 1.807) is 0 Å². The molecule has 0 fully saturated rings. The van der Waals surface area contributed by atoms with Gasteiger partial charge in [-0.2, -0.15) is 0 Å². The molecule has 3 heteroatoms. The molecule has 0 aliphatic heterocycles. The highest BCUT2D eigenvalue weighted by molar-refractivity contribution is 5.76. The Balaban J connectivity index is 4.43. The summed E-state index contributed by atoms with van der Waals surface area (Å²) in [5, 5.41) is 2.95. The molecule has 0 aromatic carbocycles. The van der Waals surface area contributed by atoms with Crippen molar-refractivity contribution in [2.75, 3.05) is 19.6 Å². The summed E-state index contributed by atoms with van der Waals surface area (Å²) in [6.07, 6.45) is 9.30. The Kier molecular flexibility index (Phi) is 13.0. The number of amides is 1. The highest BCUT2D eigenvalue weighted by Gasteiger charge is 2.19. The zero-order chi connectivity index (χ0) is 15.2. The van der Waals surface area contributed by atoms with E-state index in [0.29, 0.717) is 12.5 Å².